The van der Waals surface area contributed by atoms with Gasteiger partial charge in [0.2, 0.25) is 0 Å². The van der Waals surface area contributed by atoms with Gasteiger partial charge in [0.15, 0.2) is 0 Å². The maximum absolute atomic E-state index is 13.6. The first kappa shape index (κ1) is 14.1. The van der Waals surface area contributed by atoms with Gasteiger partial charge in [-0.05, 0) is 31.0 Å². The molecule has 0 spiro atoms. The molecule has 0 heterocycles. The van der Waals surface area contributed by atoms with Crippen LogP contribution in [0.25, 0.3) is 0 Å². The van der Waals surface area contributed by atoms with Gasteiger partial charge in [-0.2, -0.15) is 0 Å². The zero-order valence-electron chi connectivity index (χ0n) is 10.2. The van der Waals surface area contributed by atoms with E-state index in [1.165, 1.54) is 6.07 Å². The number of rotatable bonds is 6. The summed E-state index contributed by atoms with van der Waals surface area (Å²) in [6.07, 6.45) is 1.38. The minimum Gasteiger partial charge on any atom is -0.395 e. The molecule has 0 bridgehead atoms. The lowest BCUT2D eigenvalue weighted by molar-refractivity contribution is 0.225. The second kappa shape index (κ2) is 6.67. The molecule has 2 unspecified atom stereocenters. The fourth-order valence-electron chi connectivity index (χ4n) is 1.79. The average molecular weight is 243 g/mol. The quantitative estimate of drug-likeness (QED) is 0.805. The topological polar surface area (TPSA) is 32.3 Å². The van der Waals surface area contributed by atoms with Gasteiger partial charge in [0.25, 0.3) is 0 Å². The van der Waals surface area contributed by atoms with Gasteiger partial charge in [-0.3, -0.25) is 0 Å². The molecule has 17 heavy (non-hydrogen) atoms. The Kier molecular flexibility index (Phi) is 5.51. The minimum atomic E-state index is -0.446. The molecule has 0 amide bonds. The Morgan fingerprint density at radius 3 is 2.47 bits per heavy atom. The van der Waals surface area contributed by atoms with Gasteiger partial charge in [0.1, 0.15) is 11.6 Å². The second-order valence-corrected chi connectivity index (χ2v) is 4.08. The summed E-state index contributed by atoms with van der Waals surface area (Å²) in [5.74, 6) is -0.864. The zero-order valence-corrected chi connectivity index (χ0v) is 10.2. The first-order valence-electron chi connectivity index (χ1n) is 5.94. The summed E-state index contributed by atoms with van der Waals surface area (Å²) >= 11 is 0. The van der Waals surface area contributed by atoms with E-state index in [0.717, 1.165) is 18.6 Å². The molecule has 0 saturated heterocycles. The summed E-state index contributed by atoms with van der Waals surface area (Å²) in [6.45, 7) is 3.82. The summed E-state index contributed by atoms with van der Waals surface area (Å²) in [4.78, 5) is 0. The standard InChI is InChI=1S/C13H19F2NO/c1-3-10(8-17)16-13(4-2)11-7-9(14)5-6-12(11)15/h5-7,10,13,16-17H,3-4,8H2,1-2H3. The first-order valence-corrected chi connectivity index (χ1v) is 5.94. The van der Waals surface area contributed by atoms with Gasteiger partial charge in [-0.1, -0.05) is 13.8 Å². The highest BCUT2D eigenvalue weighted by atomic mass is 19.1. The number of aliphatic hydroxyl groups is 1. The normalized spacial score (nSPS) is 14.6. The molecule has 1 aromatic carbocycles. The lowest BCUT2D eigenvalue weighted by Crippen LogP contribution is -2.35. The summed E-state index contributed by atoms with van der Waals surface area (Å²) in [5, 5.41) is 12.2. The monoisotopic (exact) mass is 243 g/mol. The van der Waals surface area contributed by atoms with E-state index in [9.17, 15) is 8.78 Å². The SMILES string of the molecule is CCC(CO)NC(CC)c1cc(F)ccc1F. The molecule has 2 N–H and O–H groups in total. The Hall–Kier alpha value is -1.00. The third kappa shape index (κ3) is 3.75. The van der Waals surface area contributed by atoms with Crippen molar-refractivity contribution >= 4 is 0 Å². The molecule has 0 fully saturated rings. The van der Waals surface area contributed by atoms with Crippen molar-refractivity contribution in [1.82, 2.24) is 5.32 Å². The van der Waals surface area contributed by atoms with Crippen molar-refractivity contribution in [2.75, 3.05) is 6.61 Å². The molecule has 0 aromatic heterocycles. The molecular formula is C13H19F2NO. The van der Waals surface area contributed by atoms with Gasteiger partial charge in [-0.25, -0.2) is 8.78 Å². The fourth-order valence-corrected chi connectivity index (χ4v) is 1.79. The zero-order chi connectivity index (χ0) is 12.8. The van der Waals surface area contributed by atoms with Crippen LogP contribution >= 0.6 is 0 Å². The number of nitrogens with one attached hydrogen (secondary N) is 1. The Bertz CT molecular complexity index is 353. The van der Waals surface area contributed by atoms with Crippen molar-refractivity contribution in [3.63, 3.8) is 0 Å². The summed E-state index contributed by atoms with van der Waals surface area (Å²) in [6, 6.07) is 3.08. The number of hydrogen-bond acceptors (Lipinski definition) is 2. The Morgan fingerprint density at radius 1 is 1.24 bits per heavy atom. The van der Waals surface area contributed by atoms with Crippen molar-refractivity contribution in [3.8, 4) is 0 Å². The lowest BCUT2D eigenvalue weighted by atomic mass is 10.0. The van der Waals surface area contributed by atoms with Crippen molar-refractivity contribution < 1.29 is 13.9 Å². The Labute approximate surface area is 101 Å². The van der Waals surface area contributed by atoms with Crippen LogP contribution in [0.3, 0.4) is 0 Å². The molecule has 1 aromatic rings. The predicted molar refractivity (Wildman–Crippen MR) is 63.7 cm³/mol. The van der Waals surface area contributed by atoms with Crippen LogP contribution in [-0.2, 0) is 0 Å². The van der Waals surface area contributed by atoms with Gasteiger partial charge in [0.05, 0.1) is 6.61 Å². The number of hydrogen-bond donors (Lipinski definition) is 2. The van der Waals surface area contributed by atoms with Crippen LogP contribution in [0.15, 0.2) is 18.2 Å². The molecule has 0 aliphatic rings. The van der Waals surface area contributed by atoms with Crippen molar-refractivity contribution in [2.45, 2.75) is 38.8 Å². The van der Waals surface area contributed by atoms with E-state index >= 15 is 0 Å². The lowest BCUT2D eigenvalue weighted by Gasteiger charge is -2.23. The third-order valence-corrected chi connectivity index (χ3v) is 2.89. The average Bonchev–Trinajstić information content (AvgIpc) is 2.34. The molecular weight excluding hydrogens is 224 g/mol. The molecule has 0 radical (unpaired) electrons. The highest BCUT2D eigenvalue weighted by Gasteiger charge is 2.17. The molecule has 4 heteroatoms. The number of aliphatic hydroxyl groups excluding tert-OH is 1. The van der Waals surface area contributed by atoms with Crippen molar-refractivity contribution in [2.24, 2.45) is 0 Å². The highest BCUT2D eigenvalue weighted by Crippen LogP contribution is 2.22. The van der Waals surface area contributed by atoms with E-state index in [-0.39, 0.29) is 18.7 Å². The maximum Gasteiger partial charge on any atom is 0.128 e. The van der Waals surface area contributed by atoms with Crippen LogP contribution in [0.5, 0.6) is 0 Å². The molecule has 96 valence electrons. The van der Waals surface area contributed by atoms with Crippen LogP contribution < -0.4 is 5.32 Å². The van der Waals surface area contributed by atoms with E-state index in [1.807, 2.05) is 13.8 Å². The Balaban J connectivity index is 2.89. The van der Waals surface area contributed by atoms with E-state index < -0.39 is 11.6 Å². The van der Waals surface area contributed by atoms with Gasteiger partial charge in [0, 0.05) is 17.6 Å². The first-order chi connectivity index (χ1) is 8.12. The molecule has 0 saturated carbocycles. The molecule has 0 aliphatic carbocycles. The fraction of sp³-hybridized carbons (Fsp3) is 0.538. The Morgan fingerprint density at radius 2 is 1.94 bits per heavy atom. The van der Waals surface area contributed by atoms with Gasteiger partial charge in [-0.15, -0.1) is 0 Å². The van der Waals surface area contributed by atoms with Gasteiger partial charge >= 0.3 is 0 Å². The van der Waals surface area contributed by atoms with Gasteiger partial charge < -0.3 is 10.4 Å². The second-order valence-electron chi connectivity index (χ2n) is 4.08. The molecule has 2 nitrogen and oxygen atoms in total. The predicted octanol–water partition coefficient (Wildman–Crippen LogP) is 2.78. The van der Waals surface area contributed by atoms with Crippen LogP contribution in [-0.4, -0.2) is 17.8 Å². The van der Waals surface area contributed by atoms with Crippen LogP contribution in [0.4, 0.5) is 8.78 Å². The van der Waals surface area contributed by atoms with Crippen molar-refractivity contribution in [1.29, 1.82) is 0 Å². The minimum absolute atomic E-state index is 0.00999. The highest BCUT2D eigenvalue weighted by molar-refractivity contribution is 5.22. The van der Waals surface area contributed by atoms with E-state index in [4.69, 9.17) is 5.11 Å². The number of halogens is 2. The summed E-state index contributed by atoms with van der Waals surface area (Å²) in [5.41, 5.74) is 0.319. The molecule has 0 aliphatic heterocycles. The number of benzene rings is 1. The molecule has 1 rings (SSSR count). The smallest absolute Gasteiger partial charge is 0.128 e. The van der Waals surface area contributed by atoms with E-state index in [2.05, 4.69) is 5.32 Å². The van der Waals surface area contributed by atoms with Crippen LogP contribution in [0.2, 0.25) is 0 Å². The third-order valence-electron chi connectivity index (χ3n) is 2.89. The van der Waals surface area contributed by atoms with Crippen LogP contribution in [0, 0.1) is 11.6 Å². The maximum atomic E-state index is 13.6. The summed E-state index contributed by atoms with van der Waals surface area (Å²) < 4.78 is 26.7. The van der Waals surface area contributed by atoms with E-state index in [0.29, 0.717) is 12.0 Å². The largest absolute Gasteiger partial charge is 0.395 e. The van der Waals surface area contributed by atoms with Crippen LogP contribution in [0.1, 0.15) is 38.3 Å². The van der Waals surface area contributed by atoms with E-state index in [1.54, 1.807) is 0 Å². The summed E-state index contributed by atoms with van der Waals surface area (Å²) in [7, 11) is 0. The molecule has 2 atom stereocenters. The van der Waals surface area contributed by atoms with Crippen molar-refractivity contribution in [3.05, 3.63) is 35.4 Å².